The fourth-order valence-electron chi connectivity index (χ4n) is 3.29. The third-order valence-electron chi connectivity index (χ3n) is 4.75. The molecule has 2 aromatic rings. The fraction of sp³-hybridized carbons (Fsp3) is 0.364. The van der Waals surface area contributed by atoms with Gasteiger partial charge in [0.15, 0.2) is 0 Å². The zero-order valence-corrected chi connectivity index (χ0v) is 15.8. The number of methoxy groups -OCH3 is 1. The molecule has 1 unspecified atom stereocenters. The molecule has 1 heterocycles. The average molecular weight is 367 g/mol. The Kier molecular flexibility index (Phi) is 6.12. The Bertz CT molecular complexity index is 783. The van der Waals surface area contributed by atoms with Gasteiger partial charge in [0.25, 0.3) is 0 Å². The first-order valence-electron chi connectivity index (χ1n) is 9.31. The van der Waals surface area contributed by atoms with Crippen molar-refractivity contribution in [3.05, 3.63) is 59.7 Å². The van der Waals surface area contributed by atoms with Gasteiger partial charge in [-0.1, -0.05) is 25.5 Å². The molecule has 0 radical (unpaired) electrons. The summed E-state index contributed by atoms with van der Waals surface area (Å²) in [4.78, 5) is 25.7. The summed E-state index contributed by atoms with van der Waals surface area (Å²) in [6.45, 7) is 3.28. The lowest BCUT2D eigenvalue weighted by Crippen LogP contribution is -2.25. The van der Waals surface area contributed by atoms with Crippen LogP contribution in [0.1, 0.15) is 35.7 Å². The Hall–Kier alpha value is -2.82. The second-order valence-corrected chi connectivity index (χ2v) is 6.82. The second-order valence-electron chi connectivity index (χ2n) is 6.82. The number of carbonyl (C=O) groups excluding carboxylic acids is 2. The monoisotopic (exact) mass is 367 g/mol. The van der Waals surface area contributed by atoms with E-state index in [0.717, 1.165) is 18.5 Å². The van der Waals surface area contributed by atoms with Crippen LogP contribution in [-0.4, -0.2) is 32.1 Å². The lowest BCUT2D eigenvalue weighted by Gasteiger charge is -2.17. The summed E-state index contributed by atoms with van der Waals surface area (Å²) in [5, 5.41) is 0. The second kappa shape index (κ2) is 8.71. The van der Waals surface area contributed by atoms with E-state index >= 15 is 0 Å². The van der Waals surface area contributed by atoms with Gasteiger partial charge in [0.2, 0.25) is 5.91 Å². The SMILES string of the molecule is CCCc1ccc(N2CC(COc3ccc(C(=O)OC)cc3)CC2=O)cc1. The quantitative estimate of drug-likeness (QED) is 0.698. The fourth-order valence-corrected chi connectivity index (χ4v) is 3.29. The van der Waals surface area contributed by atoms with Crippen molar-refractivity contribution >= 4 is 17.6 Å². The van der Waals surface area contributed by atoms with Gasteiger partial charge in [-0.25, -0.2) is 4.79 Å². The molecule has 2 aromatic carbocycles. The van der Waals surface area contributed by atoms with Crippen molar-refractivity contribution in [1.29, 1.82) is 0 Å². The molecule has 1 saturated heterocycles. The Morgan fingerprint density at radius 2 is 1.81 bits per heavy atom. The summed E-state index contributed by atoms with van der Waals surface area (Å²) < 4.78 is 10.5. The molecule has 1 fully saturated rings. The maximum Gasteiger partial charge on any atom is 0.337 e. The Morgan fingerprint density at radius 3 is 2.44 bits per heavy atom. The van der Waals surface area contributed by atoms with Gasteiger partial charge >= 0.3 is 5.97 Å². The van der Waals surface area contributed by atoms with Crippen LogP contribution >= 0.6 is 0 Å². The summed E-state index contributed by atoms with van der Waals surface area (Å²) in [7, 11) is 1.35. The number of amides is 1. The highest BCUT2D eigenvalue weighted by Crippen LogP contribution is 2.26. The Balaban J connectivity index is 1.55. The molecule has 27 heavy (non-hydrogen) atoms. The summed E-state index contributed by atoms with van der Waals surface area (Å²) in [6, 6.07) is 15.1. The number of hydrogen-bond donors (Lipinski definition) is 0. The molecule has 0 aromatic heterocycles. The minimum Gasteiger partial charge on any atom is -0.493 e. The zero-order valence-electron chi connectivity index (χ0n) is 15.8. The molecule has 0 saturated carbocycles. The minimum absolute atomic E-state index is 0.132. The number of benzene rings is 2. The van der Waals surface area contributed by atoms with Gasteiger partial charge in [0.05, 0.1) is 19.3 Å². The van der Waals surface area contributed by atoms with Crippen molar-refractivity contribution in [2.45, 2.75) is 26.2 Å². The van der Waals surface area contributed by atoms with E-state index in [9.17, 15) is 9.59 Å². The van der Waals surface area contributed by atoms with E-state index in [0.29, 0.717) is 30.9 Å². The molecule has 1 atom stereocenters. The Labute approximate surface area is 159 Å². The van der Waals surface area contributed by atoms with Gasteiger partial charge in [0, 0.05) is 24.6 Å². The van der Waals surface area contributed by atoms with E-state index in [-0.39, 0.29) is 17.8 Å². The number of aryl methyl sites for hydroxylation is 1. The largest absolute Gasteiger partial charge is 0.493 e. The molecule has 0 bridgehead atoms. The van der Waals surface area contributed by atoms with Crippen LogP contribution in [0.3, 0.4) is 0 Å². The highest BCUT2D eigenvalue weighted by molar-refractivity contribution is 5.95. The maximum absolute atomic E-state index is 12.4. The third kappa shape index (κ3) is 4.67. The molecule has 0 spiro atoms. The number of nitrogens with zero attached hydrogens (tertiary/aromatic N) is 1. The normalized spacial score (nSPS) is 16.4. The number of ether oxygens (including phenoxy) is 2. The minimum atomic E-state index is -0.372. The van der Waals surface area contributed by atoms with Gasteiger partial charge in [-0.2, -0.15) is 0 Å². The van der Waals surface area contributed by atoms with Crippen molar-refractivity contribution in [2.24, 2.45) is 5.92 Å². The molecule has 5 nitrogen and oxygen atoms in total. The highest BCUT2D eigenvalue weighted by atomic mass is 16.5. The summed E-state index contributed by atoms with van der Waals surface area (Å²) in [5.74, 6) is 0.585. The molecule has 5 heteroatoms. The van der Waals surface area contributed by atoms with Gasteiger partial charge in [0.1, 0.15) is 5.75 Å². The van der Waals surface area contributed by atoms with E-state index < -0.39 is 0 Å². The van der Waals surface area contributed by atoms with E-state index in [1.165, 1.54) is 12.7 Å². The topological polar surface area (TPSA) is 55.8 Å². The predicted molar refractivity (Wildman–Crippen MR) is 104 cm³/mol. The van der Waals surface area contributed by atoms with E-state index in [1.54, 1.807) is 24.3 Å². The van der Waals surface area contributed by atoms with Crippen LogP contribution in [0.25, 0.3) is 0 Å². The molecule has 0 N–H and O–H groups in total. The smallest absolute Gasteiger partial charge is 0.337 e. The van der Waals surface area contributed by atoms with Crippen LogP contribution in [0.15, 0.2) is 48.5 Å². The van der Waals surface area contributed by atoms with E-state index in [4.69, 9.17) is 4.74 Å². The standard InChI is InChI=1S/C22H25NO4/c1-3-4-16-5-9-19(10-6-16)23-14-17(13-21(23)24)15-27-20-11-7-18(8-12-20)22(25)26-2/h5-12,17H,3-4,13-15H2,1-2H3. The molecular formula is C22H25NO4. The first kappa shape index (κ1) is 19.0. The van der Waals surface area contributed by atoms with Crippen LogP contribution in [0, 0.1) is 5.92 Å². The molecule has 1 aliphatic heterocycles. The zero-order chi connectivity index (χ0) is 19.2. The van der Waals surface area contributed by atoms with Crippen molar-refractivity contribution in [1.82, 2.24) is 0 Å². The van der Waals surface area contributed by atoms with Gasteiger partial charge < -0.3 is 14.4 Å². The lowest BCUT2D eigenvalue weighted by atomic mass is 10.1. The first-order valence-corrected chi connectivity index (χ1v) is 9.31. The van der Waals surface area contributed by atoms with E-state index in [2.05, 4.69) is 23.8 Å². The maximum atomic E-state index is 12.4. The molecule has 3 rings (SSSR count). The van der Waals surface area contributed by atoms with Crippen LogP contribution < -0.4 is 9.64 Å². The number of anilines is 1. The van der Waals surface area contributed by atoms with Crippen LogP contribution in [0.4, 0.5) is 5.69 Å². The lowest BCUT2D eigenvalue weighted by molar-refractivity contribution is -0.117. The van der Waals surface area contributed by atoms with Crippen molar-refractivity contribution in [2.75, 3.05) is 25.2 Å². The van der Waals surface area contributed by atoms with Crippen molar-refractivity contribution in [3.8, 4) is 5.75 Å². The van der Waals surface area contributed by atoms with Crippen molar-refractivity contribution < 1.29 is 19.1 Å². The molecule has 142 valence electrons. The number of esters is 1. The number of hydrogen-bond acceptors (Lipinski definition) is 4. The van der Waals surface area contributed by atoms with E-state index in [1.807, 2.05) is 17.0 Å². The molecule has 1 aliphatic rings. The van der Waals surface area contributed by atoms with Gasteiger partial charge in [-0.3, -0.25) is 4.79 Å². The van der Waals surface area contributed by atoms with Gasteiger partial charge in [-0.05, 0) is 48.4 Å². The molecule has 0 aliphatic carbocycles. The number of rotatable bonds is 7. The highest BCUT2D eigenvalue weighted by Gasteiger charge is 2.31. The Morgan fingerprint density at radius 1 is 1.11 bits per heavy atom. The van der Waals surface area contributed by atoms with Crippen LogP contribution in [0.2, 0.25) is 0 Å². The molecular weight excluding hydrogens is 342 g/mol. The predicted octanol–water partition coefficient (Wildman–Crippen LogP) is 3.86. The summed E-state index contributed by atoms with van der Waals surface area (Å²) >= 11 is 0. The van der Waals surface area contributed by atoms with Crippen LogP contribution in [0.5, 0.6) is 5.75 Å². The molecule has 1 amide bonds. The van der Waals surface area contributed by atoms with Crippen LogP contribution in [-0.2, 0) is 16.0 Å². The summed E-state index contributed by atoms with van der Waals surface area (Å²) in [6.07, 6.45) is 2.65. The summed E-state index contributed by atoms with van der Waals surface area (Å²) in [5.41, 5.74) is 2.73. The van der Waals surface area contributed by atoms with Crippen molar-refractivity contribution in [3.63, 3.8) is 0 Å². The average Bonchev–Trinajstić information content (AvgIpc) is 3.07. The third-order valence-corrected chi connectivity index (χ3v) is 4.75. The van der Waals surface area contributed by atoms with Gasteiger partial charge in [-0.15, -0.1) is 0 Å². The number of carbonyl (C=O) groups is 2. The first-order chi connectivity index (χ1) is 13.1.